The Bertz CT molecular complexity index is 704. The Morgan fingerprint density at radius 2 is 2.25 bits per heavy atom. The van der Waals surface area contributed by atoms with Crippen LogP contribution in [0.25, 0.3) is 0 Å². The number of benzene rings is 1. The van der Waals surface area contributed by atoms with Crippen molar-refractivity contribution in [2.24, 2.45) is 0 Å². The highest BCUT2D eigenvalue weighted by Crippen LogP contribution is 2.34. The maximum Gasteiger partial charge on any atom is 0.284 e. The van der Waals surface area contributed by atoms with Crippen molar-refractivity contribution in [2.75, 3.05) is 0 Å². The molecule has 1 aromatic heterocycles. The Hall–Kier alpha value is -2.40. The van der Waals surface area contributed by atoms with E-state index in [9.17, 15) is 10.1 Å². The van der Waals surface area contributed by atoms with Gasteiger partial charge in [0.15, 0.2) is 5.16 Å². The van der Waals surface area contributed by atoms with E-state index < -0.39 is 4.92 Å². The van der Waals surface area contributed by atoms with E-state index in [1.165, 1.54) is 17.8 Å². The number of aryl methyl sites for hydroxylation is 1. The van der Waals surface area contributed by atoms with Crippen molar-refractivity contribution in [2.45, 2.75) is 30.4 Å². The van der Waals surface area contributed by atoms with Crippen LogP contribution in [-0.2, 0) is 6.54 Å². The first-order valence-electron chi connectivity index (χ1n) is 5.83. The number of rotatable bonds is 4. The zero-order valence-electron chi connectivity index (χ0n) is 10.9. The molecule has 0 aliphatic rings. The standard InChI is InChI=1S/C12H11N5O2S/c1-3-16-8(2)14-15-12(16)20-11-5-4-9(7-13)6-10(11)17(18)19/h4-6H,3H2,1-2H3. The van der Waals surface area contributed by atoms with Gasteiger partial charge in [0.25, 0.3) is 5.69 Å². The highest BCUT2D eigenvalue weighted by atomic mass is 32.2. The second-order valence-electron chi connectivity index (χ2n) is 3.93. The van der Waals surface area contributed by atoms with Gasteiger partial charge >= 0.3 is 0 Å². The molecule has 0 bridgehead atoms. The van der Waals surface area contributed by atoms with Crippen molar-refractivity contribution in [3.63, 3.8) is 0 Å². The first kappa shape index (κ1) is 14.0. The first-order valence-corrected chi connectivity index (χ1v) is 6.64. The lowest BCUT2D eigenvalue weighted by Crippen LogP contribution is -1.99. The van der Waals surface area contributed by atoms with Gasteiger partial charge in [-0.25, -0.2) is 0 Å². The van der Waals surface area contributed by atoms with Gasteiger partial charge in [0.05, 0.1) is 21.5 Å². The van der Waals surface area contributed by atoms with Gasteiger partial charge in [-0.05, 0) is 37.7 Å². The predicted molar refractivity (Wildman–Crippen MR) is 72.4 cm³/mol. The van der Waals surface area contributed by atoms with Gasteiger partial charge in [-0.3, -0.25) is 10.1 Å². The molecule has 1 aromatic carbocycles. The molecule has 0 aliphatic carbocycles. The number of nitro benzene ring substituents is 1. The molecular formula is C12H11N5O2S. The molecule has 0 saturated carbocycles. The molecule has 0 N–H and O–H groups in total. The Morgan fingerprint density at radius 3 is 2.85 bits per heavy atom. The summed E-state index contributed by atoms with van der Waals surface area (Å²) in [6.07, 6.45) is 0. The van der Waals surface area contributed by atoms with Gasteiger partial charge in [-0.1, -0.05) is 0 Å². The van der Waals surface area contributed by atoms with Gasteiger partial charge < -0.3 is 4.57 Å². The number of nitro groups is 1. The molecule has 0 spiro atoms. The van der Waals surface area contributed by atoms with Crippen LogP contribution in [0.1, 0.15) is 18.3 Å². The van der Waals surface area contributed by atoms with Gasteiger partial charge in [-0.2, -0.15) is 5.26 Å². The van der Waals surface area contributed by atoms with Crippen molar-refractivity contribution in [3.8, 4) is 6.07 Å². The number of nitrogens with zero attached hydrogens (tertiary/aromatic N) is 5. The van der Waals surface area contributed by atoms with E-state index >= 15 is 0 Å². The molecule has 0 aliphatic heterocycles. The summed E-state index contributed by atoms with van der Waals surface area (Å²) in [6, 6.07) is 6.27. The molecule has 0 atom stereocenters. The third-order valence-electron chi connectivity index (χ3n) is 2.70. The molecule has 7 nitrogen and oxygen atoms in total. The number of hydrogen-bond donors (Lipinski definition) is 0. The first-order chi connectivity index (χ1) is 9.56. The van der Waals surface area contributed by atoms with Crippen molar-refractivity contribution in [3.05, 3.63) is 39.7 Å². The molecule has 0 saturated heterocycles. The number of hydrogen-bond acceptors (Lipinski definition) is 6. The van der Waals surface area contributed by atoms with Crippen LogP contribution < -0.4 is 0 Å². The summed E-state index contributed by atoms with van der Waals surface area (Å²) in [5.74, 6) is 0.756. The molecule has 0 unspecified atom stereocenters. The molecule has 0 fully saturated rings. The predicted octanol–water partition coefficient (Wildman–Crippen LogP) is 2.54. The molecule has 2 rings (SSSR count). The summed E-state index contributed by atoms with van der Waals surface area (Å²) in [5.41, 5.74) is 0.159. The number of nitriles is 1. The molecular weight excluding hydrogens is 278 g/mol. The summed E-state index contributed by atoms with van der Waals surface area (Å²) in [5, 5.41) is 28.5. The molecule has 0 amide bonds. The molecule has 20 heavy (non-hydrogen) atoms. The van der Waals surface area contributed by atoms with Crippen LogP contribution in [0.2, 0.25) is 0 Å². The Morgan fingerprint density at radius 1 is 1.50 bits per heavy atom. The van der Waals surface area contributed by atoms with E-state index in [2.05, 4.69) is 10.2 Å². The second-order valence-corrected chi connectivity index (χ2v) is 4.94. The van der Waals surface area contributed by atoms with E-state index in [4.69, 9.17) is 5.26 Å². The van der Waals surface area contributed by atoms with E-state index in [0.717, 1.165) is 5.82 Å². The van der Waals surface area contributed by atoms with Crippen LogP contribution in [0.4, 0.5) is 5.69 Å². The van der Waals surface area contributed by atoms with Gasteiger partial charge in [-0.15, -0.1) is 10.2 Å². The van der Waals surface area contributed by atoms with Crippen LogP contribution in [0, 0.1) is 28.4 Å². The lowest BCUT2D eigenvalue weighted by atomic mass is 10.2. The maximum absolute atomic E-state index is 11.1. The van der Waals surface area contributed by atoms with Crippen LogP contribution >= 0.6 is 11.8 Å². The fourth-order valence-electron chi connectivity index (χ4n) is 1.72. The number of aromatic nitrogens is 3. The van der Waals surface area contributed by atoms with Gasteiger partial charge in [0.2, 0.25) is 0 Å². The highest BCUT2D eigenvalue weighted by molar-refractivity contribution is 7.99. The molecule has 2 aromatic rings. The highest BCUT2D eigenvalue weighted by Gasteiger charge is 2.18. The van der Waals surface area contributed by atoms with E-state index in [1.807, 2.05) is 24.5 Å². The second kappa shape index (κ2) is 5.71. The fraction of sp³-hybridized carbons (Fsp3) is 0.250. The minimum Gasteiger partial charge on any atom is -0.306 e. The Balaban J connectivity index is 2.43. The van der Waals surface area contributed by atoms with E-state index in [1.54, 1.807) is 12.1 Å². The van der Waals surface area contributed by atoms with Crippen LogP contribution in [-0.4, -0.2) is 19.7 Å². The van der Waals surface area contributed by atoms with Gasteiger partial charge in [0, 0.05) is 12.6 Å². The van der Waals surface area contributed by atoms with E-state index in [0.29, 0.717) is 16.6 Å². The Kier molecular flexibility index (Phi) is 4.00. The van der Waals surface area contributed by atoms with Crippen molar-refractivity contribution in [1.82, 2.24) is 14.8 Å². The summed E-state index contributed by atoms with van der Waals surface area (Å²) in [6.45, 7) is 4.46. The molecule has 102 valence electrons. The van der Waals surface area contributed by atoms with Crippen molar-refractivity contribution in [1.29, 1.82) is 5.26 Å². The van der Waals surface area contributed by atoms with E-state index in [-0.39, 0.29) is 11.3 Å². The quantitative estimate of drug-likeness (QED) is 0.633. The maximum atomic E-state index is 11.1. The topological polar surface area (TPSA) is 97.6 Å². The van der Waals surface area contributed by atoms with Crippen LogP contribution in [0.5, 0.6) is 0 Å². The van der Waals surface area contributed by atoms with Crippen LogP contribution in [0.15, 0.2) is 28.3 Å². The van der Waals surface area contributed by atoms with Crippen molar-refractivity contribution >= 4 is 17.4 Å². The summed E-state index contributed by atoms with van der Waals surface area (Å²) < 4.78 is 1.87. The van der Waals surface area contributed by atoms with Crippen molar-refractivity contribution < 1.29 is 4.92 Å². The minimum absolute atomic E-state index is 0.0997. The monoisotopic (exact) mass is 289 g/mol. The minimum atomic E-state index is -0.497. The normalized spacial score (nSPS) is 10.2. The zero-order valence-corrected chi connectivity index (χ0v) is 11.7. The lowest BCUT2D eigenvalue weighted by molar-refractivity contribution is -0.387. The third kappa shape index (κ3) is 2.62. The Labute approximate surface area is 119 Å². The largest absolute Gasteiger partial charge is 0.306 e. The average Bonchev–Trinajstić information content (AvgIpc) is 2.79. The third-order valence-corrected chi connectivity index (χ3v) is 3.75. The summed E-state index contributed by atoms with van der Waals surface area (Å²) in [4.78, 5) is 11.0. The smallest absolute Gasteiger partial charge is 0.284 e. The SMILES string of the molecule is CCn1c(C)nnc1Sc1ccc(C#N)cc1[N+](=O)[O-]. The zero-order chi connectivity index (χ0) is 14.7. The summed E-state index contributed by atoms with van der Waals surface area (Å²) >= 11 is 1.17. The van der Waals surface area contributed by atoms with Gasteiger partial charge in [0.1, 0.15) is 5.82 Å². The van der Waals surface area contributed by atoms with Crippen LogP contribution in [0.3, 0.4) is 0 Å². The lowest BCUT2D eigenvalue weighted by Gasteiger charge is -2.05. The summed E-state index contributed by atoms with van der Waals surface area (Å²) in [7, 11) is 0. The molecule has 8 heteroatoms. The average molecular weight is 289 g/mol. The fourth-order valence-corrected chi connectivity index (χ4v) is 2.74. The molecule has 0 radical (unpaired) electrons. The molecule has 1 heterocycles.